The molecule has 1 aromatic carbocycles. The molecule has 132 valence electrons. The van der Waals surface area contributed by atoms with Gasteiger partial charge in [-0.2, -0.15) is 18.3 Å². The summed E-state index contributed by atoms with van der Waals surface area (Å²) < 4.78 is 41.7. The molecule has 0 fully saturated rings. The summed E-state index contributed by atoms with van der Waals surface area (Å²) in [4.78, 5) is 4.32. The predicted molar refractivity (Wildman–Crippen MR) is 89.0 cm³/mol. The van der Waals surface area contributed by atoms with Crippen molar-refractivity contribution in [1.29, 1.82) is 0 Å². The van der Waals surface area contributed by atoms with Crippen LogP contribution in [-0.2, 0) is 19.5 Å². The molecule has 0 aliphatic heterocycles. The zero-order chi connectivity index (χ0) is 17.9. The molecule has 0 unspecified atom stereocenters. The lowest BCUT2D eigenvalue weighted by molar-refractivity contribution is -0.127. The third-order valence-electron chi connectivity index (χ3n) is 3.80. The maximum atomic E-state index is 12.6. The van der Waals surface area contributed by atoms with E-state index in [1.807, 2.05) is 21.6 Å². The molecule has 25 heavy (non-hydrogen) atoms. The quantitative estimate of drug-likeness (QED) is 0.665. The maximum absolute atomic E-state index is 12.6. The molecule has 3 aromatic rings. The van der Waals surface area contributed by atoms with E-state index in [1.54, 1.807) is 30.6 Å². The van der Waals surface area contributed by atoms with Gasteiger partial charge in [0, 0.05) is 36.3 Å². The van der Waals surface area contributed by atoms with Gasteiger partial charge in [-0.05, 0) is 18.1 Å². The van der Waals surface area contributed by atoms with Gasteiger partial charge in [0.1, 0.15) is 5.82 Å². The summed E-state index contributed by atoms with van der Waals surface area (Å²) in [5.74, 6) is 0.646. The highest BCUT2D eigenvalue weighted by Crippen LogP contribution is 2.25. The van der Waals surface area contributed by atoms with E-state index in [2.05, 4.69) is 17.0 Å². The third kappa shape index (κ3) is 4.49. The zero-order valence-electron chi connectivity index (χ0n) is 13.9. The van der Waals surface area contributed by atoms with Crippen molar-refractivity contribution >= 4 is 0 Å². The van der Waals surface area contributed by atoms with Gasteiger partial charge in [0.25, 0.3) is 0 Å². The molecule has 0 aliphatic rings. The fraction of sp³-hybridized carbons (Fsp3) is 0.333. The first kappa shape index (κ1) is 17.3. The molecule has 0 bridgehead atoms. The molecule has 0 aliphatic carbocycles. The monoisotopic (exact) mass is 348 g/mol. The van der Waals surface area contributed by atoms with E-state index < -0.39 is 12.6 Å². The SMILES string of the molecule is CCCn1cc(Cn2ccnc2-c2cccc(CC(F)(F)F)c2)cn1. The van der Waals surface area contributed by atoms with Gasteiger partial charge in [0.15, 0.2) is 0 Å². The Morgan fingerprint density at radius 2 is 2.00 bits per heavy atom. The molecule has 0 atom stereocenters. The van der Waals surface area contributed by atoms with Gasteiger partial charge in [-0.15, -0.1) is 0 Å². The molecule has 0 spiro atoms. The Labute approximate surface area is 143 Å². The van der Waals surface area contributed by atoms with Crippen molar-refractivity contribution in [3.05, 3.63) is 60.2 Å². The molecule has 0 saturated heterocycles. The molecule has 2 heterocycles. The average molecular weight is 348 g/mol. The van der Waals surface area contributed by atoms with Gasteiger partial charge in [-0.25, -0.2) is 4.98 Å². The van der Waals surface area contributed by atoms with Gasteiger partial charge in [0.05, 0.1) is 19.2 Å². The van der Waals surface area contributed by atoms with Crippen LogP contribution in [0.25, 0.3) is 11.4 Å². The van der Waals surface area contributed by atoms with Crippen LogP contribution in [-0.4, -0.2) is 25.5 Å². The molecule has 0 amide bonds. The number of nitrogens with zero attached hydrogens (tertiary/aromatic N) is 4. The Bertz CT molecular complexity index is 833. The topological polar surface area (TPSA) is 35.6 Å². The molecular weight excluding hydrogens is 329 g/mol. The first-order valence-corrected chi connectivity index (χ1v) is 8.13. The lowest BCUT2D eigenvalue weighted by Gasteiger charge is -2.10. The fourth-order valence-electron chi connectivity index (χ4n) is 2.79. The van der Waals surface area contributed by atoms with Crippen LogP contribution >= 0.6 is 0 Å². The van der Waals surface area contributed by atoms with Crippen molar-refractivity contribution < 1.29 is 13.2 Å². The molecule has 4 nitrogen and oxygen atoms in total. The number of hydrogen-bond donors (Lipinski definition) is 0. The highest BCUT2D eigenvalue weighted by Gasteiger charge is 2.27. The molecule has 2 aromatic heterocycles. The summed E-state index contributed by atoms with van der Waals surface area (Å²) in [6, 6.07) is 6.44. The van der Waals surface area contributed by atoms with Crippen molar-refractivity contribution in [1.82, 2.24) is 19.3 Å². The van der Waals surface area contributed by atoms with Gasteiger partial charge in [-0.1, -0.05) is 25.1 Å². The largest absolute Gasteiger partial charge is 0.393 e. The summed E-state index contributed by atoms with van der Waals surface area (Å²) >= 11 is 0. The van der Waals surface area contributed by atoms with Crippen LogP contribution in [0.5, 0.6) is 0 Å². The Morgan fingerprint density at radius 1 is 1.16 bits per heavy atom. The molecule has 0 N–H and O–H groups in total. The predicted octanol–water partition coefficient (Wildman–Crippen LogP) is 4.31. The van der Waals surface area contributed by atoms with Crippen LogP contribution < -0.4 is 0 Å². The Kier molecular flexibility index (Phi) is 4.92. The first-order chi connectivity index (χ1) is 11.9. The third-order valence-corrected chi connectivity index (χ3v) is 3.80. The van der Waals surface area contributed by atoms with Crippen LogP contribution in [0.1, 0.15) is 24.5 Å². The van der Waals surface area contributed by atoms with E-state index in [9.17, 15) is 13.2 Å². The van der Waals surface area contributed by atoms with E-state index in [1.165, 1.54) is 6.07 Å². The molecule has 3 rings (SSSR count). The van der Waals surface area contributed by atoms with Crippen molar-refractivity contribution in [3.63, 3.8) is 0 Å². The van der Waals surface area contributed by atoms with E-state index in [0.29, 0.717) is 17.9 Å². The van der Waals surface area contributed by atoms with Gasteiger partial charge in [-0.3, -0.25) is 4.68 Å². The van der Waals surface area contributed by atoms with Crippen molar-refractivity contribution in [2.24, 2.45) is 0 Å². The van der Waals surface area contributed by atoms with Crippen molar-refractivity contribution in [2.45, 2.75) is 39.0 Å². The summed E-state index contributed by atoms with van der Waals surface area (Å²) in [5, 5.41) is 4.30. The Balaban J connectivity index is 1.82. The Hall–Kier alpha value is -2.57. The highest BCUT2D eigenvalue weighted by molar-refractivity contribution is 5.57. The highest BCUT2D eigenvalue weighted by atomic mass is 19.4. The number of rotatable bonds is 6. The summed E-state index contributed by atoms with van der Waals surface area (Å²) in [5.41, 5.74) is 1.93. The van der Waals surface area contributed by atoms with Crippen LogP contribution in [0.4, 0.5) is 13.2 Å². The number of aromatic nitrogens is 4. The zero-order valence-corrected chi connectivity index (χ0v) is 13.9. The maximum Gasteiger partial charge on any atom is 0.393 e. The van der Waals surface area contributed by atoms with Crippen molar-refractivity contribution in [2.75, 3.05) is 0 Å². The van der Waals surface area contributed by atoms with E-state index >= 15 is 0 Å². The van der Waals surface area contributed by atoms with Crippen LogP contribution in [0.2, 0.25) is 0 Å². The first-order valence-electron chi connectivity index (χ1n) is 8.13. The van der Waals surface area contributed by atoms with E-state index in [4.69, 9.17) is 0 Å². The number of hydrogen-bond acceptors (Lipinski definition) is 2. The molecule has 0 saturated carbocycles. The minimum absolute atomic E-state index is 0.232. The number of imidazole rings is 1. The Morgan fingerprint density at radius 3 is 2.76 bits per heavy atom. The minimum Gasteiger partial charge on any atom is -0.326 e. The lowest BCUT2D eigenvalue weighted by Crippen LogP contribution is -2.11. The van der Waals surface area contributed by atoms with E-state index in [0.717, 1.165) is 18.5 Å². The summed E-state index contributed by atoms with van der Waals surface area (Å²) in [7, 11) is 0. The van der Waals surface area contributed by atoms with Crippen LogP contribution in [0.3, 0.4) is 0 Å². The lowest BCUT2D eigenvalue weighted by atomic mass is 10.1. The fourth-order valence-corrected chi connectivity index (χ4v) is 2.79. The number of aryl methyl sites for hydroxylation is 1. The standard InChI is InChI=1S/C18H19F3N4/c1-2-7-25-13-15(11-23-25)12-24-8-6-22-17(24)16-5-3-4-14(9-16)10-18(19,20)21/h3-6,8-9,11,13H,2,7,10,12H2,1H3. The number of benzene rings is 1. The second-order valence-corrected chi connectivity index (χ2v) is 5.98. The second-order valence-electron chi connectivity index (χ2n) is 5.98. The van der Waals surface area contributed by atoms with Crippen LogP contribution in [0.15, 0.2) is 49.1 Å². The second kappa shape index (κ2) is 7.13. The molecular formula is C18H19F3N4. The smallest absolute Gasteiger partial charge is 0.326 e. The molecule has 7 heteroatoms. The minimum atomic E-state index is -4.22. The van der Waals surface area contributed by atoms with Gasteiger partial charge in [0.2, 0.25) is 0 Å². The van der Waals surface area contributed by atoms with Gasteiger partial charge >= 0.3 is 6.18 Å². The van der Waals surface area contributed by atoms with Crippen LogP contribution in [0, 0.1) is 0 Å². The average Bonchev–Trinajstić information content (AvgIpc) is 3.16. The van der Waals surface area contributed by atoms with Crippen molar-refractivity contribution in [3.8, 4) is 11.4 Å². The summed E-state index contributed by atoms with van der Waals surface area (Å²) in [6.07, 6.45) is 3.11. The normalized spacial score (nSPS) is 11.8. The molecule has 0 radical (unpaired) electrons. The van der Waals surface area contributed by atoms with Gasteiger partial charge < -0.3 is 4.57 Å². The van der Waals surface area contributed by atoms with E-state index in [-0.39, 0.29) is 5.56 Å². The summed E-state index contributed by atoms with van der Waals surface area (Å²) in [6.45, 7) is 3.52. The number of alkyl halides is 3. The number of halogens is 3.